The topological polar surface area (TPSA) is 35.5 Å². The van der Waals surface area contributed by atoms with Crippen molar-refractivity contribution in [1.82, 2.24) is 0 Å². The lowest BCUT2D eigenvalue weighted by Crippen LogP contribution is -2.05. The first-order valence-corrected chi connectivity index (χ1v) is 6.34. The highest BCUT2D eigenvalue weighted by molar-refractivity contribution is 5.75. The van der Waals surface area contributed by atoms with Gasteiger partial charge in [0.05, 0.1) is 13.2 Å². The second-order valence-corrected chi connectivity index (χ2v) is 4.19. The van der Waals surface area contributed by atoms with E-state index < -0.39 is 0 Å². The van der Waals surface area contributed by atoms with Crippen LogP contribution in [0.1, 0.15) is 16.8 Å². The Morgan fingerprint density at radius 3 is 2.35 bits per heavy atom. The van der Waals surface area contributed by atoms with E-state index in [9.17, 15) is 9.18 Å². The van der Waals surface area contributed by atoms with Gasteiger partial charge in [0.25, 0.3) is 0 Å². The Morgan fingerprint density at radius 2 is 1.65 bits per heavy atom. The van der Waals surface area contributed by atoms with E-state index in [-0.39, 0.29) is 5.82 Å². The smallest absolute Gasteiger partial charge is 0.150 e. The first-order valence-electron chi connectivity index (χ1n) is 6.34. The zero-order valence-electron chi connectivity index (χ0n) is 10.9. The fraction of sp³-hybridized carbons (Fsp3) is 0.188. The highest BCUT2D eigenvalue weighted by Crippen LogP contribution is 2.13. The van der Waals surface area contributed by atoms with E-state index in [1.807, 2.05) is 0 Å². The van der Waals surface area contributed by atoms with E-state index in [0.29, 0.717) is 36.7 Å². The van der Waals surface area contributed by atoms with Crippen molar-refractivity contribution in [3.63, 3.8) is 0 Å². The molecule has 0 fully saturated rings. The minimum atomic E-state index is -0.282. The van der Waals surface area contributed by atoms with Crippen LogP contribution in [0.5, 0.6) is 11.5 Å². The Labute approximate surface area is 117 Å². The molecule has 0 radical (unpaired) electrons. The van der Waals surface area contributed by atoms with Crippen LogP contribution in [0.25, 0.3) is 0 Å². The number of carbonyl (C=O) groups excluding carboxylic acids is 1. The Hall–Kier alpha value is -2.36. The van der Waals surface area contributed by atoms with Gasteiger partial charge in [-0.25, -0.2) is 4.39 Å². The summed E-state index contributed by atoms with van der Waals surface area (Å²) in [6, 6.07) is 12.9. The van der Waals surface area contributed by atoms with Gasteiger partial charge in [-0.15, -0.1) is 0 Å². The molecule has 2 aromatic carbocycles. The number of ether oxygens (including phenoxy) is 2. The van der Waals surface area contributed by atoms with Crippen LogP contribution in [0.3, 0.4) is 0 Å². The molecule has 2 rings (SSSR count). The van der Waals surface area contributed by atoms with Gasteiger partial charge in [0.15, 0.2) is 0 Å². The average Bonchev–Trinajstić information content (AvgIpc) is 2.49. The number of hydrogen-bond acceptors (Lipinski definition) is 3. The number of rotatable bonds is 7. The van der Waals surface area contributed by atoms with Gasteiger partial charge in [-0.2, -0.15) is 0 Å². The van der Waals surface area contributed by atoms with E-state index in [1.165, 1.54) is 12.1 Å². The lowest BCUT2D eigenvalue weighted by Gasteiger charge is -2.08. The van der Waals surface area contributed by atoms with E-state index in [0.717, 1.165) is 6.29 Å². The second kappa shape index (κ2) is 7.28. The lowest BCUT2D eigenvalue weighted by molar-refractivity contribution is 0.112. The molecule has 0 amide bonds. The zero-order valence-corrected chi connectivity index (χ0v) is 10.9. The summed E-state index contributed by atoms with van der Waals surface area (Å²) in [4.78, 5) is 10.6. The minimum absolute atomic E-state index is 0.282. The fourth-order valence-corrected chi connectivity index (χ4v) is 1.65. The molecular formula is C16H15FO3. The summed E-state index contributed by atoms with van der Waals surface area (Å²) in [7, 11) is 0. The number of hydrogen-bond donors (Lipinski definition) is 0. The molecule has 0 aliphatic carbocycles. The third kappa shape index (κ3) is 4.39. The predicted octanol–water partition coefficient (Wildman–Crippen LogP) is 3.49. The standard InChI is InChI=1S/C16H15FO3/c17-14-5-7-15(8-6-14)19-9-2-10-20-16-4-1-3-13(11-16)12-18/h1,3-8,11-12H,2,9-10H2. The van der Waals surface area contributed by atoms with E-state index in [1.54, 1.807) is 36.4 Å². The number of benzene rings is 2. The van der Waals surface area contributed by atoms with Gasteiger partial charge in [0.2, 0.25) is 0 Å². The van der Waals surface area contributed by atoms with Crippen LogP contribution in [-0.4, -0.2) is 19.5 Å². The zero-order chi connectivity index (χ0) is 14.2. The van der Waals surface area contributed by atoms with Crippen molar-refractivity contribution >= 4 is 6.29 Å². The maximum atomic E-state index is 12.7. The molecule has 0 heterocycles. The van der Waals surface area contributed by atoms with Gasteiger partial charge >= 0.3 is 0 Å². The molecule has 0 spiro atoms. The molecule has 104 valence electrons. The fourth-order valence-electron chi connectivity index (χ4n) is 1.65. The monoisotopic (exact) mass is 274 g/mol. The number of halogens is 1. The summed E-state index contributed by atoms with van der Waals surface area (Å²) in [5.41, 5.74) is 0.588. The Bertz CT molecular complexity index is 552. The summed E-state index contributed by atoms with van der Waals surface area (Å²) in [6.07, 6.45) is 1.48. The van der Waals surface area contributed by atoms with E-state index in [4.69, 9.17) is 9.47 Å². The molecule has 0 N–H and O–H groups in total. The average molecular weight is 274 g/mol. The summed E-state index contributed by atoms with van der Waals surface area (Å²) in [5.74, 6) is 1.02. The molecule has 0 unspecified atom stereocenters. The third-order valence-corrected chi connectivity index (χ3v) is 2.63. The molecule has 0 aliphatic rings. The maximum absolute atomic E-state index is 12.7. The van der Waals surface area contributed by atoms with Crippen molar-refractivity contribution in [2.75, 3.05) is 13.2 Å². The van der Waals surface area contributed by atoms with Gasteiger partial charge in [-0.05, 0) is 36.4 Å². The van der Waals surface area contributed by atoms with Crippen LogP contribution in [0, 0.1) is 5.82 Å². The summed E-state index contributed by atoms with van der Waals surface area (Å²) in [6.45, 7) is 0.975. The maximum Gasteiger partial charge on any atom is 0.150 e. The quantitative estimate of drug-likeness (QED) is 0.572. The lowest BCUT2D eigenvalue weighted by atomic mass is 10.2. The van der Waals surface area contributed by atoms with Gasteiger partial charge in [0.1, 0.15) is 23.6 Å². The molecule has 0 aliphatic heterocycles. The van der Waals surface area contributed by atoms with Crippen LogP contribution in [-0.2, 0) is 0 Å². The van der Waals surface area contributed by atoms with Crippen LogP contribution < -0.4 is 9.47 Å². The molecule has 0 saturated heterocycles. The van der Waals surface area contributed by atoms with Crippen LogP contribution in [0.2, 0.25) is 0 Å². The third-order valence-electron chi connectivity index (χ3n) is 2.63. The van der Waals surface area contributed by atoms with E-state index in [2.05, 4.69) is 0 Å². The van der Waals surface area contributed by atoms with Gasteiger partial charge < -0.3 is 9.47 Å². The molecule has 20 heavy (non-hydrogen) atoms. The largest absolute Gasteiger partial charge is 0.493 e. The molecule has 0 aromatic heterocycles. The van der Waals surface area contributed by atoms with Crippen molar-refractivity contribution < 1.29 is 18.7 Å². The second-order valence-electron chi connectivity index (χ2n) is 4.19. The SMILES string of the molecule is O=Cc1cccc(OCCCOc2ccc(F)cc2)c1. The van der Waals surface area contributed by atoms with Crippen LogP contribution >= 0.6 is 0 Å². The van der Waals surface area contributed by atoms with Gasteiger partial charge in [-0.1, -0.05) is 12.1 Å². The predicted molar refractivity (Wildman–Crippen MR) is 73.8 cm³/mol. The Morgan fingerprint density at radius 1 is 0.950 bits per heavy atom. The first kappa shape index (κ1) is 14.1. The van der Waals surface area contributed by atoms with Crippen molar-refractivity contribution in [3.8, 4) is 11.5 Å². The molecule has 0 saturated carbocycles. The molecular weight excluding hydrogens is 259 g/mol. The first-order chi connectivity index (χ1) is 9.78. The summed E-state index contributed by atoms with van der Waals surface area (Å²) >= 11 is 0. The Balaban J connectivity index is 1.68. The van der Waals surface area contributed by atoms with E-state index >= 15 is 0 Å². The highest BCUT2D eigenvalue weighted by atomic mass is 19.1. The van der Waals surface area contributed by atoms with Crippen molar-refractivity contribution in [2.24, 2.45) is 0 Å². The molecule has 0 bridgehead atoms. The molecule has 3 nitrogen and oxygen atoms in total. The minimum Gasteiger partial charge on any atom is -0.493 e. The van der Waals surface area contributed by atoms with Crippen molar-refractivity contribution in [2.45, 2.75) is 6.42 Å². The van der Waals surface area contributed by atoms with Crippen molar-refractivity contribution in [1.29, 1.82) is 0 Å². The van der Waals surface area contributed by atoms with Gasteiger partial charge in [-0.3, -0.25) is 4.79 Å². The van der Waals surface area contributed by atoms with Crippen molar-refractivity contribution in [3.05, 3.63) is 59.9 Å². The van der Waals surface area contributed by atoms with Crippen LogP contribution in [0.15, 0.2) is 48.5 Å². The molecule has 2 aromatic rings. The van der Waals surface area contributed by atoms with Crippen LogP contribution in [0.4, 0.5) is 4.39 Å². The molecule has 0 atom stereocenters. The Kier molecular flexibility index (Phi) is 5.12. The summed E-state index contributed by atoms with van der Waals surface area (Å²) in [5, 5.41) is 0. The summed E-state index contributed by atoms with van der Waals surface area (Å²) < 4.78 is 23.6. The number of carbonyl (C=O) groups is 1. The molecule has 4 heteroatoms. The number of aldehydes is 1. The van der Waals surface area contributed by atoms with Gasteiger partial charge in [0, 0.05) is 12.0 Å². The normalized spacial score (nSPS) is 10.1. The highest BCUT2D eigenvalue weighted by Gasteiger charge is 1.97.